The van der Waals surface area contributed by atoms with Crippen LogP contribution in [0.4, 0.5) is 0 Å². The lowest BCUT2D eigenvalue weighted by Gasteiger charge is -2.20. The second-order valence-electron chi connectivity index (χ2n) is 6.00. The molecule has 2 aliphatic rings. The SMILES string of the molecule is Cc1ccc(O[C@@H]2CCN(C(=O)[C@H]3CC(=O)N(C)C3)C2)nn1. The summed E-state index contributed by atoms with van der Waals surface area (Å²) in [6.45, 7) is 3.59. The van der Waals surface area contributed by atoms with E-state index in [0.717, 1.165) is 12.1 Å². The van der Waals surface area contributed by atoms with Crippen LogP contribution in [0, 0.1) is 12.8 Å². The normalized spacial score (nSPS) is 24.9. The number of ether oxygens (including phenoxy) is 1. The molecular formula is C15H20N4O3. The number of carbonyl (C=O) groups is 2. The highest BCUT2D eigenvalue weighted by atomic mass is 16.5. The number of hydrogen-bond acceptors (Lipinski definition) is 5. The summed E-state index contributed by atoms with van der Waals surface area (Å²) >= 11 is 0. The zero-order valence-corrected chi connectivity index (χ0v) is 12.9. The van der Waals surface area contributed by atoms with Gasteiger partial charge in [-0.3, -0.25) is 9.59 Å². The predicted molar refractivity (Wildman–Crippen MR) is 78.1 cm³/mol. The van der Waals surface area contributed by atoms with Crippen molar-refractivity contribution in [1.29, 1.82) is 0 Å². The van der Waals surface area contributed by atoms with Crippen LogP contribution in [0.25, 0.3) is 0 Å². The Hall–Kier alpha value is -2.18. The van der Waals surface area contributed by atoms with E-state index < -0.39 is 0 Å². The molecule has 0 spiro atoms. The third-order valence-corrected chi connectivity index (χ3v) is 4.21. The van der Waals surface area contributed by atoms with E-state index >= 15 is 0 Å². The van der Waals surface area contributed by atoms with Crippen LogP contribution in [-0.2, 0) is 9.59 Å². The van der Waals surface area contributed by atoms with Crippen LogP contribution in [0.3, 0.4) is 0 Å². The van der Waals surface area contributed by atoms with Gasteiger partial charge in [-0.15, -0.1) is 5.10 Å². The highest BCUT2D eigenvalue weighted by Crippen LogP contribution is 2.22. The van der Waals surface area contributed by atoms with Crippen molar-refractivity contribution in [2.24, 2.45) is 5.92 Å². The molecule has 0 saturated carbocycles. The molecule has 2 fully saturated rings. The van der Waals surface area contributed by atoms with Crippen LogP contribution in [0.1, 0.15) is 18.5 Å². The number of hydrogen-bond donors (Lipinski definition) is 0. The Morgan fingerprint density at radius 2 is 2.14 bits per heavy atom. The third-order valence-electron chi connectivity index (χ3n) is 4.21. The topological polar surface area (TPSA) is 75.6 Å². The summed E-state index contributed by atoms with van der Waals surface area (Å²) < 4.78 is 5.77. The van der Waals surface area contributed by atoms with Gasteiger partial charge in [0.25, 0.3) is 0 Å². The van der Waals surface area contributed by atoms with Gasteiger partial charge in [-0.25, -0.2) is 0 Å². The van der Waals surface area contributed by atoms with Crippen molar-refractivity contribution in [1.82, 2.24) is 20.0 Å². The summed E-state index contributed by atoms with van der Waals surface area (Å²) in [7, 11) is 1.74. The van der Waals surface area contributed by atoms with Crippen LogP contribution in [0.2, 0.25) is 0 Å². The maximum atomic E-state index is 12.4. The van der Waals surface area contributed by atoms with E-state index in [1.165, 1.54) is 0 Å². The van der Waals surface area contributed by atoms with Crippen molar-refractivity contribution in [3.8, 4) is 5.88 Å². The number of likely N-dealkylation sites (tertiary alicyclic amines) is 2. The van der Waals surface area contributed by atoms with Gasteiger partial charge >= 0.3 is 0 Å². The molecule has 0 unspecified atom stereocenters. The number of aromatic nitrogens is 2. The number of aryl methyl sites for hydroxylation is 1. The average molecular weight is 304 g/mol. The maximum Gasteiger partial charge on any atom is 0.233 e. The molecule has 22 heavy (non-hydrogen) atoms. The summed E-state index contributed by atoms with van der Waals surface area (Å²) in [5, 5.41) is 7.94. The largest absolute Gasteiger partial charge is 0.471 e. The van der Waals surface area contributed by atoms with E-state index in [0.29, 0.717) is 31.9 Å². The summed E-state index contributed by atoms with van der Waals surface area (Å²) in [5.74, 6) is 0.371. The number of carbonyl (C=O) groups excluding carboxylic acids is 2. The van der Waals surface area contributed by atoms with Gasteiger partial charge in [-0.05, 0) is 13.0 Å². The molecule has 7 heteroatoms. The fraction of sp³-hybridized carbons (Fsp3) is 0.600. The summed E-state index contributed by atoms with van der Waals surface area (Å²) in [6.07, 6.45) is 1.04. The van der Waals surface area contributed by atoms with E-state index in [4.69, 9.17) is 4.74 Å². The molecule has 7 nitrogen and oxygen atoms in total. The van der Waals surface area contributed by atoms with Gasteiger partial charge < -0.3 is 14.5 Å². The standard InChI is InChI=1S/C15H20N4O3/c1-10-3-4-13(17-16-10)22-12-5-6-19(9-12)15(21)11-7-14(20)18(2)8-11/h3-4,11-12H,5-9H2,1-2H3/t11-,12+/m0/s1. The van der Waals surface area contributed by atoms with Gasteiger partial charge in [0.05, 0.1) is 18.2 Å². The minimum absolute atomic E-state index is 0.0419. The van der Waals surface area contributed by atoms with E-state index in [2.05, 4.69) is 10.2 Å². The molecule has 2 saturated heterocycles. The van der Waals surface area contributed by atoms with Crippen LogP contribution in [0.5, 0.6) is 5.88 Å². The van der Waals surface area contributed by atoms with Crippen molar-refractivity contribution >= 4 is 11.8 Å². The van der Waals surface area contributed by atoms with Crippen molar-refractivity contribution in [2.45, 2.75) is 25.9 Å². The van der Waals surface area contributed by atoms with E-state index in [1.54, 1.807) is 22.9 Å². The Morgan fingerprint density at radius 3 is 2.77 bits per heavy atom. The van der Waals surface area contributed by atoms with Crippen LogP contribution in [-0.4, -0.2) is 64.6 Å². The minimum Gasteiger partial charge on any atom is -0.471 e. The van der Waals surface area contributed by atoms with Crippen molar-refractivity contribution in [3.05, 3.63) is 17.8 Å². The molecule has 0 aromatic carbocycles. The lowest BCUT2D eigenvalue weighted by molar-refractivity contribution is -0.135. The molecule has 3 rings (SSSR count). The predicted octanol–water partition coefficient (Wildman–Crippen LogP) is 0.243. The Bertz CT molecular complexity index is 575. The fourth-order valence-corrected chi connectivity index (χ4v) is 2.93. The zero-order valence-electron chi connectivity index (χ0n) is 12.9. The summed E-state index contributed by atoms with van der Waals surface area (Å²) in [6, 6.07) is 3.64. The third kappa shape index (κ3) is 3.03. The number of nitrogens with zero attached hydrogens (tertiary/aromatic N) is 4. The van der Waals surface area contributed by atoms with Crippen molar-refractivity contribution < 1.29 is 14.3 Å². The number of rotatable bonds is 3. The lowest BCUT2D eigenvalue weighted by atomic mass is 10.1. The first kappa shape index (κ1) is 14.7. The van der Waals surface area contributed by atoms with E-state index in [1.807, 2.05) is 13.0 Å². The first-order valence-corrected chi connectivity index (χ1v) is 7.52. The van der Waals surface area contributed by atoms with Gasteiger partial charge in [-0.2, -0.15) is 5.10 Å². The molecule has 2 amide bonds. The molecule has 3 heterocycles. The Labute approximate surface area is 129 Å². The first-order chi connectivity index (χ1) is 10.5. The molecule has 1 aromatic rings. The molecule has 1 aromatic heterocycles. The molecule has 118 valence electrons. The highest BCUT2D eigenvalue weighted by Gasteiger charge is 2.37. The summed E-state index contributed by atoms with van der Waals surface area (Å²) in [4.78, 5) is 27.4. The number of amides is 2. The van der Waals surface area contributed by atoms with Crippen LogP contribution >= 0.6 is 0 Å². The zero-order chi connectivity index (χ0) is 15.7. The molecule has 0 radical (unpaired) electrons. The monoisotopic (exact) mass is 304 g/mol. The molecule has 2 aliphatic heterocycles. The Kier molecular flexibility index (Phi) is 3.96. The maximum absolute atomic E-state index is 12.4. The smallest absolute Gasteiger partial charge is 0.233 e. The Morgan fingerprint density at radius 1 is 1.32 bits per heavy atom. The second-order valence-corrected chi connectivity index (χ2v) is 6.00. The molecule has 2 atom stereocenters. The van der Waals surface area contributed by atoms with Gasteiger partial charge in [0.2, 0.25) is 17.7 Å². The van der Waals surface area contributed by atoms with Crippen LogP contribution in [0.15, 0.2) is 12.1 Å². The molecule has 0 aliphatic carbocycles. The van der Waals surface area contributed by atoms with Gasteiger partial charge in [0.15, 0.2) is 0 Å². The summed E-state index contributed by atoms with van der Waals surface area (Å²) in [5.41, 5.74) is 0.839. The molecule has 0 bridgehead atoms. The second kappa shape index (κ2) is 5.90. The van der Waals surface area contributed by atoms with Crippen molar-refractivity contribution in [2.75, 3.05) is 26.7 Å². The molecular weight excluding hydrogens is 284 g/mol. The van der Waals surface area contributed by atoms with E-state index in [9.17, 15) is 9.59 Å². The average Bonchev–Trinajstić information content (AvgIpc) is 3.08. The molecule has 0 N–H and O–H groups in total. The quantitative estimate of drug-likeness (QED) is 0.800. The fourth-order valence-electron chi connectivity index (χ4n) is 2.93. The minimum atomic E-state index is -0.213. The lowest BCUT2D eigenvalue weighted by Crippen LogP contribution is -2.36. The van der Waals surface area contributed by atoms with Gasteiger partial charge in [0, 0.05) is 39.0 Å². The van der Waals surface area contributed by atoms with E-state index in [-0.39, 0.29) is 23.8 Å². The highest BCUT2D eigenvalue weighted by molar-refractivity contribution is 5.89. The van der Waals surface area contributed by atoms with Crippen molar-refractivity contribution in [3.63, 3.8) is 0 Å². The first-order valence-electron chi connectivity index (χ1n) is 7.52. The van der Waals surface area contributed by atoms with Gasteiger partial charge in [-0.1, -0.05) is 0 Å². The van der Waals surface area contributed by atoms with Crippen LogP contribution < -0.4 is 4.74 Å². The van der Waals surface area contributed by atoms with Gasteiger partial charge in [0.1, 0.15) is 6.10 Å². The Balaban J connectivity index is 1.54.